The van der Waals surface area contributed by atoms with Gasteiger partial charge in [0.15, 0.2) is 5.78 Å². The molecule has 0 radical (unpaired) electrons. The summed E-state index contributed by atoms with van der Waals surface area (Å²) in [7, 11) is 0. The molecule has 0 aliphatic heterocycles. The van der Waals surface area contributed by atoms with Crippen LogP contribution in [0, 0.1) is 0 Å². The minimum Gasteiger partial charge on any atom is -0.295 e. The molecule has 0 bridgehead atoms. The molecular formula is C10H12OS. The highest BCUT2D eigenvalue weighted by Crippen LogP contribution is 2.11. The molecule has 0 saturated carbocycles. The van der Waals surface area contributed by atoms with Gasteiger partial charge in [-0.15, -0.1) is 0 Å². The maximum absolute atomic E-state index is 11.2. The zero-order chi connectivity index (χ0) is 8.97. The van der Waals surface area contributed by atoms with Gasteiger partial charge in [-0.05, 0) is 41.0 Å². The second-order valence-electron chi connectivity index (χ2n) is 2.66. The summed E-state index contributed by atoms with van der Waals surface area (Å²) in [5.41, 5.74) is 1.97. The first kappa shape index (κ1) is 9.20. The van der Waals surface area contributed by atoms with E-state index in [1.807, 2.05) is 36.7 Å². The Hall–Kier alpha value is -0.890. The number of ketones is 1. The van der Waals surface area contributed by atoms with Crippen LogP contribution in [0.4, 0.5) is 0 Å². The molecular weight excluding hydrogens is 168 g/mol. The number of carbonyl (C=O) groups is 1. The predicted octanol–water partition coefficient (Wildman–Crippen LogP) is 3.13. The van der Waals surface area contributed by atoms with E-state index < -0.39 is 0 Å². The van der Waals surface area contributed by atoms with Crippen LogP contribution in [0.25, 0.3) is 6.08 Å². The van der Waals surface area contributed by atoms with E-state index in [-0.39, 0.29) is 5.78 Å². The molecule has 0 atom stereocenters. The standard InChI is InChI=1S/C10H12OS/c1-3-10(11)8(2)6-9-4-5-12-7-9/h4-7H,3H2,1-2H3. The molecule has 0 saturated heterocycles. The molecule has 0 aromatic carbocycles. The zero-order valence-electron chi connectivity index (χ0n) is 7.33. The fourth-order valence-electron chi connectivity index (χ4n) is 0.966. The van der Waals surface area contributed by atoms with Gasteiger partial charge in [0.1, 0.15) is 0 Å². The number of hydrogen-bond donors (Lipinski definition) is 0. The molecule has 0 aliphatic rings. The molecule has 1 nitrogen and oxygen atoms in total. The van der Waals surface area contributed by atoms with Crippen molar-refractivity contribution in [1.29, 1.82) is 0 Å². The Labute approximate surface area is 76.7 Å². The van der Waals surface area contributed by atoms with Crippen LogP contribution in [0.15, 0.2) is 22.4 Å². The number of hydrogen-bond acceptors (Lipinski definition) is 2. The lowest BCUT2D eigenvalue weighted by Gasteiger charge is -1.94. The van der Waals surface area contributed by atoms with E-state index in [9.17, 15) is 4.79 Å². The number of rotatable bonds is 3. The van der Waals surface area contributed by atoms with Crippen LogP contribution < -0.4 is 0 Å². The van der Waals surface area contributed by atoms with Gasteiger partial charge >= 0.3 is 0 Å². The molecule has 0 fully saturated rings. The molecule has 0 aliphatic carbocycles. The molecule has 1 heterocycles. The van der Waals surface area contributed by atoms with Crippen LogP contribution in [0.2, 0.25) is 0 Å². The van der Waals surface area contributed by atoms with Gasteiger partial charge in [-0.25, -0.2) is 0 Å². The number of thiophene rings is 1. The van der Waals surface area contributed by atoms with Crippen molar-refractivity contribution in [3.05, 3.63) is 28.0 Å². The molecule has 1 aromatic heterocycles. The van der Waals surface area contributed by atoms with E-state index in [1.54, 1.807) is 11.3 Å². The topological polar surface area (TPSA) is 17.1 Å². The molecule has 1 rings (SSSR count). The average molecular weight is 180 g/mol. The Morgan fingerprint density at radius 3 is 2.92 bits per heavy atom. The summed E-state index contributed by atoms with van der Waals surface area (Å²) < 4.78 is 0. The highest BCUT2D eigenvalue weighted by Gasteiger charge is 2.00. The summed E-state index contributed by atoms with van der Waals surface area (Å²) in [5, 5.41) is 4.04. The molecule has 0 amide bonds. The summed E-state index contributed by atoms with van der Waals surface area (Å²) in [6.45, 7) is 3.75. The average Bonchev–Trinajstić information content (AvgIpc) is 2.55. The van der Waals surface area contributed by atoms with Gasteiger partial charge < -0.3 is 0 Å². The number of Topliss-reactive ketones (excluding diaryl/α,β-unsaturated/α-hetero) is 1. The van der Waals surface area contributed by atoms with Gasteiger partial charge in [0.25, 0.3) is 0 Å². The normalized spacial score (nSPS) is 11.7. The van der Waals surface area contributed by atoms with Crippen molar-refractivity contribution in [3.63, 3.8) is 0 Å². The van der Waals surface area contributed by atoms with Crippen molar-refractivity contribution in [2.75, 3.05) is 0 Å². The van der Waals surface area contributed by atoms with Crippen LogP contribution in [-0.2, 0) is 4.79 Å². The molecule has 1 aromatic rings. The van der Waals surface area contributed by atoms with E-state index >= 15 is 0 Å². The van der Waals surface area contributed by atoms with E-state index in [0.29, 0.717) is 6.42 Å². The highest BCUT2D eigenvalue weighted by molar-refractivity contribution is 7.08. The fourth-order valence-corrected chi connectivity index (χ4v) is 1.58. The molecule has 0 spiro atoms. The summed E-state index contributed by atoms with van der Waals surface area (Å²) in [6, 6.07) is 2.01. The van der Waals surface area contributed by atoms with E-state index in [2.05, 4.69) is 0 Å². The van der Waals surface area contributed by atoms with E-state index in [0.717, 1.165) is 11.1 Å². The highest BCUT2D eigenvalue weighted by atomic mass is 32.1. The molecule has 0 N–H and O–H groups in total. The summed E-state index contributed by atoms with van der Waals surface area (Å²) >= 11 is 1.65. The smallest absolute Gasteiger partial charge is 0.158 e. The summed E-state index contributed by atoms with van der Waals surface area (Å²) in [4.78, 5) is 11.2. The van der Waals surface area contributed by atoms with Gasteiger partial charge in [-0.3, -0.25) is 4.79 Å². The lowest BCUT2D eigenvalue weighted by atomic mass is 10.1. The monoisotopic (exact) mass is 180 g/mol. The van der Waals surface area contributed by atoms with Crippen molar-refractivity contribution < 1.29 is 4.79 Å². The fraction of sp³-hybridized carbons (Fsp3) is 0.300. The molecule has 64 valence electrons. The largest absolute Gasteiger partial charge is 0.295 e. The van der Waals surface area contributed by atoms with Crippen molar-refractivity contribution in [2.24, 2.45) is 0 Å². The first-order valence-electron chi connectivity index (χ1n) is 3.97. The predicted molar refractivity (Wildman–Crippen MR) is 53.3 cm³/mol. The first-order valence-corrected chi connectivity index (χ1v) is 4.92. The number of carbonyl (C=O) groups excluding carboxylic acids is 1. The summed E-state index contributed by atoms with van der Waals surface area (Å²) in [6.07, 6.45) is 2.52. The maximum Gasteiger partial charge on any atom is 0.158 e. The Bertz CT molecular complexity index is 283. The second-order valence-corrected chi connectivity index (χ2v) is 3.44. The van der Waals surface area contributed by atoms with Crippen LogP contribution >= 0.6 is 11.3 Å². The summed E-state index contributed by atoms with van der Waals surface area (Å²) in [5.74, 6) is 0.223. The van der Waals surface area contributed by atoms with Crippen LogP contribution in [0.1, 0.15) is 25.8 Å². The van der Waals surface area contributed by atoms with Crippen molar-refractivity contribution >= 4 is 23.2 Å². The minimum atomic E-state index is 0.223. The lowest BCUT2D eigenvalue weighted by Crippen LogP contribution is -1.95. The van der Waals surface area contributed by atoms with Crippen molar-refractivity contribution in [1.82, 2.24) is 0 Å². The number of allylic oxidation sites excluding steroid dienone is 1. The molecule has 0 unspecified atom stereocenters. The van der Waals surface area contributed by atoms with Gasteiger partial charge in [0.05, 0.1) is 0 Å². The van der Waals surface area contributed by atoms with Crippen LogP contribution in [0.5, 0.6) is 0 Å². The second kappa shape index (κ2) is 4.21. The van der Waals surface area contributed by atoms with Crippen LogP contribution in [-0.4, -0.2) is 5.78 Å². The third-order valence-corrected chi connectivity index (χ3v) is 2.39. The third kappa shape index (κ3) is 2.31. The Morgan fingerprint density at radius 1 is 1.67 bits per heavy atom. The molecule has 2 heteroatoms. The zero-order valence-corrected chi connectivity index (χ0v) is 8.15. The quantitative estimate of drug-likeness (QED) is 0.653. The van der Waals surface area contributed by atoms with Gasteiger partial charge in [-0.1, -0.05) is 6.92 Å². The lowest BCUT2D eigenvalue weighted by molar-refractivity contribution is -0.115. The maximum atomic E-state index is 11.2. The van der Waals surface area contributed by atoms with Crippen LogP contribution in [0.3, 0.4) is 0 Å². The van der Waals surface area contributed by atoms with Gasteiger partial charge in [0, 0.05) is 6.42 Å². The van der Waals surface area contributed by atoms with Gasteiger partial charge in [0.2, 0.25) is 0 Å². The van der Waals surface area contributed by atoms with Crippen molar-refractivity contribution in [3.8, 4) is 0 Å². The van der Waals surface area contributed by atoms with E-state index in [4.69, 9.17) is 0 Å². The molecule has 12 heavy (non-hydrogen) atoms. The first-order chi connectivity index (χ1) is 5.74. The van der Waals surface area contributed by atoms with E-state index in [1.165, 1.54) is 0 Å². The van der Waals surface area contributed by atoms with Gasteiger partial charge in [-0.2, -0.15) is 11.3 Å². The Kier molecular flexibility index (Phi) is 3.23. The SMILES string of the molecule is CCC(=O)C(C)=Cc1ccsc1. The Balaban J connectivity index is 2.76. The third-order valence-electron chi connectivity index (χ3n) is 1.69. The minimum absolute atomic E-state index is 0.223. The van der Waals surface area contributed by atoms with Crippen molar-refractivity contribution in [2.45, 2.75) is 20.3 Å². The Morgan fingerprint density at radius 2 is 2.42 bits per heavy atom.